The molecule has 1 fully saturated rings. The van der Waals surface area contributed by atoms with Gasteiger partial charge in [0.25, 0.3) is 5.91 Å². The number of carbonyl (C=O) groups excluding carboxylic acids is 1. The second-order valence-electron chi connectivity index (χ2n) is 5.42. The third-order valence-electron chi connectivity index (χ3n) is 3.55. The molecule has 0 bridgehead atoms. The fraction of sp³-hybridized carbons (Fsp3) is 0.643. The molecule has 104 valence electrons. The van der Waals surface area contributed by atoms with Gasteiger partial charge in [-0.2, -0.15) is 0 Å². The maximum atomic E-state index is 12.6. The highest BCUT2D eigenvalue weighted by atomic mass is 35.5. The number of hydrogen-bond donors (Lipinski definition) is 0. The summed E-state index contributed by atoms with van der Waals surface area (Å²) in [4.78, 5) is 23.0. The van der Waals surface area contributed by atoms with Crippen molar-refractivity contribution >= 4 is 17.5 Å². The van der Waals surface area contributed by atoms with Crippen molar-refractivity contribution < 1.29 is 4.79 Å². The molecule has 0 radical (unpaired) electrons. The predicted molar refractivity (Wildman–Crippen MR) is 75.5 cm³/mol. The lowest BCUT2D eigenvalue weighted by Gasteiger charge is -2.33. The molecule has 1 aromatic heterocycles. The van der Waals surface area contributed by atoms with Gasteiger partial charge in [-0.25, -0.2) is 9.97 Å². The molecule has 0 saturated carbocycles. The van der Waals surface area contributed by atoms with Gasteiger partial charge in [-0.05, 0) is 26.2 Å². The van der Waals surface area contributed by atoms with Crippen molar-refractivity contribution in [2.45, 2.75) is 52.0 Å². The van der Waals surface area contributed by atoms with Crippen LogP contribution in [0.15, 0.2) is 6.20 Å². The molecule has 0 N–H and O–H groups in total. The lowest BCUT2D eigenvalue weighted by molar-refractivity contribution is 0.0629. The maximum Gasteiger partial charge on any atom is 0.274 e. The summed E-state index contributed by atoms with van der Waals surface area (Å²) in [5, 5.41) is 0.340. The van der Waals surface area contributed by atoms with E-state index in [2.05, 4.69) is 16.9 Å². The van der Waals surface area contributed by atoms with Crippen LogP contribution in [0.2, 0.25) is 5.02 Å². The summed E-state index contributed by atoms with van der Waals surface area (Å²) >= 11 is 6.09. The van der Waals surface area contributed by atoms with E-state index >= 15 is 0 Å². The molecule has 0 aromatic carbocycles. The molecule has 1 unspecified atom stereocenters. The number of rotatable bonds is 2. The highest BCUT2D eigenvalue weighted by molar-refractivity contribution is 6.33. The third kappa shape index (κ3) is 3.06. The number of halogens is 1. The van der Waals surface area contributed by atoms with Gasteiger partial charge in [0.15, 0.2) is 5.69 Å². The van der Waals surface area contributed by atoms with Gasteiger partial charge in [-0.1, -0.05) is 25.4 Å². The predicted octanol–water partition coefficient (Wildman–Crippen LogP) is 3.27. The van der Waals surface area contributed by atoms with Crippen molar-refractivity contribution in [3.63, 3.8) is 0 Å². The third-order valence-corrected chi connectivity index (χ3v) is 3.82. The van der Waals surface area contributed by atoms with Gasteiger partial charge in [0.2, 0.25) is 0 Å². The fourth-order valence-corrected chi connectivity index (χ4v) is 2.52. The Hall–Kier alpha value is -1.16. The second kappa shape index (κ2) is 5.87. The van der Waals surface area contributed by atoms with Crippen LogP contribution in [0.1, 0.15) is 62.3 Å². The molecule has 5 heteroatoms. The Bertz CT molecular complexity index is 476. The molecule has 0 aliphatic carbocycles. The molecular weight excluding hydrogens is 262 g/mol. The molecule has 1 atom stereocenters. The lowest BCUT2D eigenvalue weighted by atomic mass is 10.0. The van der Waals surface area contributed by atoms with Crippen LogP contribution in [0.4, 0.5) is 0 Å². The van der Waals surface area contributed by atoms with E-state index in [0.717, 1.165) is 19.4 Å². The first-order valence-corrected chi connectivity index (χ1v) is 7.22. The number of carbonyl (C=O) groups is 1. The van der Waals surface area contributed by atoms with E-state index in [-0.39, 0.29) is 17.9 Å². The first kappa shape index (κ1) is 14.3. The van der Waals surface area contributed by atoms with E-state index in [4.69, 9.17) is 11.6 Å². The van der Waals surface area contributed by atoms with Gasteiger partial charge in [0.1, 0.15) is 5.82 Å². The highest BCUT2D eigenvalue weighted by Gasteiger charge is 2.27. The average Bonchev–Trinajstić information content (AvgIpc) is 2.38. The molecule has 1 aliphatic rings. The van der Waals surface area contributed by atoms with Crippen LogP contribution in [0.3, 0.4) is 0 Å². The number of aromatic nitrogens is 2. The Labute approximate surface area is 119 Å². The van der Waals surface area contributed by atoms with Gasteiger partial charge in [-0.3, -0.25) is 4.79 Å². The molecule has 2 rings (SSSR count). The van der Waals surface area contributed by atoms with Crippen molar-refractivity contribution in [1.82, 2.24) is 14.9 Å². The Morgan fingerprint density at radius 1 is 1.47 bits per heavy atom. The van der Waals surface area contributed by atoms with Crippen LogP contribution in [0, 0.1) is 0 Å². The number of nitrogens with zero attached hydrogens (tertiary/aromatic N) is 3. The second-order valence-corrected chi connectivity index (χ2v) is 5.83. The Kier molecular flexibility index (Phi) is 4.40. The van der Waals surface area contributed by atoms with Crippen molar-refractivity contribution in [3.05, 3.63) is 22.7 Å². The van der Waals surface area contributed by atoms with E-state index < -0.39 is 0 Å². The zero-order valence-corrected chi connectivity index (χ0v) is 12.4. The normalized spacial score (nSPS) is 19.8. The molecule has 2 heterocycles. The molecule has 1 amide bonds. The molecule has 0 spiro atoms. The Balaban J connectivity index is 2.29. The molecule has 1 aliphatic heterocycles. The van der Waals surface area contributed by atoms with E-state index in [1.54, 1.807) is 0 Å². The number of hydrogen-bond acceptors (Lipinski definition) is 3. The molecular formula is C14H20ClN3O. The van der Waals surface area contributed by atoms with Crippen LogP contribution in [0.25, 0.3) is 0 Å². The summed E-state index contributed by atoms with van der Waals surface area (Å²) < 4.78 is 0. The SMILES string of the molecule is CC(C)c1ncc(Cl)c(C(=O)N2CCCCC2C)n1. The first-order valence-electron chi connectivity index (χ1n) is 6.84. The first-order chi connectivity index (χ1) is 9.00. The number of amides is 1. The van der Waals surface area contributed by atoms with Gasteiger partial charge in [0.05, 0.1) is 11.2 Å². The molecule has 1 saturated heterocycles. The zero-order chi connectivity index (χ0) is 14.0. The minimum Gasteiger partial charge on any atom is -0.335 e. The summed E-state index contributed by atoms with van der Waals surface area (Å²) in [6, 6.07) is 0.259. The fourth-order valence-electron chi connectivity index (χ4n) is 2.34. The van der Waals surface area contributed by atoms with Crippen LogP contribution in [-0.4, -0.2) is 33.4 Å². The zero-order valence-electron chi connectivity index (χ0n) is 11.7. The number of piperidine rings is 1. The van der Waals surface area contributed by atoms with E-state index in [9.17, 15) is 4.79 Å². The largest absolute Gasteiger partial charge is 0.335 e. The summed E-state index contributed by atoms with van der Waals surface area (Å²) in [7, 11) is 0. The summed E-state index contributed by atoms with van der Waals surface area (Å²) in [5.41, 5.74) is 0.342. The summed E-state index contributed by atoms with van der Waals surface area (Å²) in [6.45, 7) is 6.87. The van der Waals surface area contributed by atoms with Gasteiger partial charge in [-0.15, -0.1) is 0 Å². The summed E-state index contributed by atoms with van der Waals surface area (Å²) in [5.74, 6) is 0.779. The summed E-state index contributed by atoms with van der Waals surface area (Å²) in [6.07, 6.45) is 4.81. The van der Waals surface area contributed by atoms with Crippen LogP contribution in [-0.2, 0) is 0 Å². The quantitative estimate of drug-likeness (QED) is 0.836. The minimum atomic E-state index is -0.0681. The average molecular weight is 282 g/mol. The molecule has 4 nitrogen and oxygen atoms in total. The van der Waals surface area contributed by atoms with E-state index in [1.165, 1.54) is 12.6 Å². The Morgan fingerprint density at radius 3 is 2.84 bits per heavy atom. The minimum absolute atomic E-state index is 0.0681. The highest BCUT2D eigenvalue weighted by Crippen LogP contribution is 2.22. The van der Waals surface area contributed by atoms with E-state index in [1.807, 2.05) is 18.7 Å². The van der Waals surface area contributed by atoms with Gasteiger partial charge < -0.3 is 4.90 Å². The molecule has 1 aromatic rings. The molecule has 19 heavy (non-hydrogen) atoms. The van der Waals surface area contributed by atoms with Gasteiger partial charge >= 0.3 is 0 Å². The topological polar surface area (TPSA) is 46.1 Å². The van der Waals surface area contributed by atoms with Crippen LogP contribution in [0.5, 0.6) is 0 Å². The standard InChI is InChI=1S/C14H20ClN3O/c1-9(2)13-16-8-11(15)12(17-13)14(19)18-7-5-4-6-10(18)3/h8-10H,4-7H2,1-3H3. The number of likely N-dealkylation sites (tertiary alicyclic amines) is 1. The van der Waals surface area contributed by atoms with Crippen molar-refractivity contribution in [2.24, 2.45) is 0 Å². The van der Waals surface area contributed by atoms with Crippen LogP contribution >= 0.6 is 11.6 Å². The maximum absolute atomic E-state index is 12.6. The van der Waals surface area contributed by atoms with Crippen LogP contribution < -0.4 is 0 Å². The van der Waals surface area contributed by atoms with Crippen molar-refractivity contribution in [2.75, 3.05) is 6.54 Å². The Morgan fingerprint density at radius 2 is 2.21 bits per heavy atom. The van der Waals surface area contributed by atoms with E-state index in [0.29, 0.717) is 16.5 Å². The smallest absolute Gasteiger partial charge is 0.274 e. The van der Waals surface area contributed by atoms with Crippen molar-refractivity contribution in [3.8, 4) is 0 Å². The van der Waals surface area contributed by atoms with Crippen molar-refractivity contribution in [1.29, 1.82) is 0 Å². The van der Waals surface area contributed by atoms with Gasteiger partial charge in [0, 0.05) is 18.5 Å². The monoisotopic (exact) mass is 281 g/mol. The lowest BCUT2D eigenvalue weighted by Crippen LogP contribution is -2.42.